The first kappa shape index (κ1) is 16.6. The first-order valence-corrected chi connectivity index (χ1v) is 8.77. The second-order valence-electron chi connectivity index (χ2n) is 6.18. The third-order valence-electron chi connectivity index (χ3n) is 4.18. The Hall–Kier alpha value is -2.91. The van der Waals surface area contributed by atoms with Crippen molar-refractivity contribution in [1.82, 2.24) is 4.98 Å². The van der Waals surface area contributed by atoms with Gasteiger partial charge in [0.05, 0.1) is 11.9 Å². The summed E-state index contributed by atoms with van der Waals surface area (Å²) in [4.78, 5) is 8.98. The van der Waals surface area contributed by atoms with Crippen molar-refractivity contribution < 1.29 is 4.42 Å². The molecule has 0 amide bonds. The zero-order chi connectivity index (χ0) is 17.9. The van der Waals surface area contributed by atoms with Gasteiger partial charge in [-0.1, -0.05) is 29.3 Å². The molecule has 0 fully saturated rings. The minimum atomic E-state index is 0.570. The summed E-state index contributed by atoms with van der Waals surface area (Å²) < 4.78 is 6.12. The van der Waals surface area contributed by atoms with Crippen LogP contribution in [0.4, 0.5) is 0 Å². The molecule has 0 N–H and O–H groups in total. The Bertz CT molecular complexity index is 1120. The minimum absolute atomic E-state index is 0.570. The van der Waals surface area contributed by atoms with Crippen molar-refractivity contribution in [2.75, 3.05) is 0 Å². The number of halogens is 1. The van der Waals surface area contributed by atoms with Crippen LogP contribution in [0.5, 0.6) is 0 Å². The van der Waals surface area contributed by atoms with Crippen molar-refractivity contribution in [3.8, 4) is 11.3 Å². The second kappa shape index (κ2) is 7.14. The molecule has 4 aromatic rings. The molecule has 0 saturated heterocycles. The van der Waals surface area contributed by atoms with E-state index in [4.69, 9.17) is 21.0 Å². The number of fused-ring (bicyclic) bond motifs is 1. The first-order valence-electron chi connectivity index (χ1n) is 8.39. The lowest BCUT2D eigenvalue weighted by Gasteiger charge is -2.06. The zero-order valence-corrected chi connectivity index (χ0v) is 15.1. The molecule has 0 aliphatic rings. The molecule has 0 saturated carbocycles. The smallest absolute Gasteiger partial charge is 0.136 e. The molecule has 2 aromatic carbocycles. The van der Waals surface area contributed by atoms with Crippen LogP contribution in [0.1, 0.15) is 11.1 Å². The van der Waals surface area contributed by atoms with Crippen LogP contribution in [-0.2, 0) is 6.54 Å². The number of aromatic nitrogens is 1. The first-order chi connectivity index (χ1) is 12.7. The van der Waals surface area contributed by atoms with Crippen LogP contribution in [-0.4, -0.2) is 4.98 Å². The van der Waals surface area contributed by atoms with E-state index >= 15 is 0 Å². The molecule has 0 radical (unpaired) electrons. The van der Waals surface area contributed by atoms with Crippen LogP contribution in [0.25, 0.3) is 22.3 Å². The quantitative estimate of drug-likeness (QED) is 0.480. The van der Waals surface area contributed by atoms with Gasteiger partial charge < -0.3 is 4.42 Å². The Morgan fingerprint density at radius 1 is 1.04 bits per heavy atom. The summed E-state index contributed by atoms with van der Waals surface area (Å²) in [5, 5.41) is 2.61. The lowest BCUT2D eigenvalue weighted by atomic mass is 10.1. The van der Waals surface area contributed by atoms with E-state index in [9.17, 15) is 0 Å². The Morgan fingerprint density at radius 2 is 1.88 bits per heavy atom. The van der Waals surface area contributed by atoms with Crippen molar-refractivity contribution in [3.05, 3.63) is 94.6 Å². The van der Waals surface area contributed by atoms with Crippen LogP contribution >= 0.6 is 11.6 Å². The number of aryl methyl sites for hydroxylation is 1. The molecular formula is C22H17ClN2O. The van der Waals surface area contributed by atoms with Crippen molar-refractivity contribution in [1.29, 1.82) is 0 Å². The second-order valence-corrected chi connectivity index (χ2v) is 6.62. The molecule has 0 atom stereocenters. The highest BCUT2D eigenvalue weighted by atomic mass is 35.5. The van der Waals surface area contributed by atoms with Gasteiger partial charge in [0.25, 0.3) is 0 Å². The average Bonchev–Trinajstić information content (AvgIpc) is 2.67. The van der Waals surface area contributed by atoms with E-state index in [1.165, 1.54) is 5.56 Å². The van der Waals surface area contributed by atoms with Crippen molar-refractivity contribution in [2.45, 2.75) is 13.5 Å². The van der Waals surface area contributed by atoms with Crippen molar-refractivity contribution in [3.63, 3.8) is 0 Å². The normalized spacial score (nSPS) is 11.8. The van der Waals surface area contributed by atoms with Crippen molar-refractivity contribution >= 4 is 22.6 Å². The number of hydrogen-bond donors (Lipinski definition) is 0. The Balaban J connectivity index is 1.88. The molecule has 0 spiro atoms. The highest BCUT2D eigenvalue weighted by Gasteiger charge is 2.06. The summed E-state index contributed by atoms with van der Waals surface area (Å²) in [5.41, 5.74) is 4.02. The van der Waals surface area contributed by atoms with Gasteiger partial charge >= 0.3 is 0 Å². The molecule has 26 heavy (non-hydrogen) atoms. The van der Waals surface area contributed by atoms with Gasteiger partial charge in [0.1, 0.15) is 11.3 Å². The van der Waals surface area contributed by atoms with Crippen LogP contribution in [0.15, 0.2) is 82.5 Å². The topological polar surface area (TPSA) is 38.4 Å². The SMILES string of the molecule is Cc1ccc2oc(-c3ccc(Cl)cc3)cc(=NCc3cccnc3)c2c1. The van der Waals surface area contributed by atoms with Crippen LogP contribution in [0.2, 0.25) is 5.02 Å². The largest absolute Gasteiger partial charge is 0.456 e. The van der Waals surface area contributed by atoms with E-state index in [1.54, 1.807) is 6.20 Å². The minimum Gasteiger partial charge on any atom is -0.456 e. The fourth-order valence-electron chi connectivity index (χ4n) is 2.84. The Morgan fingerprint density at radius 3 is 2.65 bits per heavy atom. The van der Waals surface area contributed by atoms with Gasteiger partial charge in [0, 0.05) is 34.4 Å². The molecule has 3 nitrogen and oxygen atoms in total. The third kappa shape index (κ3) is 3.53. The van der Waals surface area contributed by atoms with E-state index in [0.717, 1.165) is 33.2 Å². The number of rotatable bonds is 3. The van der Waals surface area contributed by atoms with Gasteiger partial charge in [-0.3, -0.25) is 9.98 Å². The van der Waals surface area contributed by atoms with Gasteiger partial charge in [0.2, 0.25) is 0 Å². The molecule has 128 valence electrons. The number of pyridine rings is 1. The summed E-state index contributed by atoms with van der Waals surface area (Å²) in [6.45, 7) is 2.64. The van der Waals surface area contributed by atoms with Gasteiger partial charge in [-0.25, -0.2) is 0 Å². The zero-order valence-electron chi connectivity index (χ0n) is 14.3. The number of benzene rings is 2. The predicted octanol–water partition coefficient (Wildman–Crippen LogP) is 5.56. The predicted molar refractivity (Wildman–Crippen MR) is 105 cm³/mol. The van der Waals surface area contributed by atoms with E-state index in [-0.39, 0.29) is 0 Å². The monoisotopic (exact) mass is 360 g/mol. The fourth-order valence-corrected chi connectivity index (χ4v) is 2.96. The highest BCUT2D eigenvalue weighted by molar-refractivity contribution is 6.30. The lowest BCUT2D eigenvalue weighted by molar-refractivity contribution is 0.618. The standard InChI is InChI=1S/C22H17ClN2O/c1-15-4-9-21-19(11-15)20(25-14-16-3-2-10-24-13-16)12-22(26-21)17-5-7-18(23)8-6-17/h2-13H,14H2,1H3. The van der Waals surface area contributed by atoms with E-state index in [2.05, 4.69) is 18.0 Å². The van der Waals surface area contributed by atoms with Crippen molar-refractivity contribution in [2.24, 2.45) is 4.99 Å². The fraction of sp³-hybridized carbons (Fsp3) is 0.0909. The molecular weight excluding hydrogens is 344 g/mol. The molecule has 0 bridgehead atoms. The summed E-state index contributed by atoms with van der Waals surface area (Å²) in [5.74, 6) is 0.767. The molecule has 2 aromatic heterocycles. The summed E-state index contributed by atoms with van der Waals surface area (Å²) in [7, 11) is 0. The van der Waals surface area contributed by atoms with Gasteiger partial charge in [-0.05, 0) is 55.0 Å². The molecule has 2 heterocycles. The molecule has 0 unspecified atom stereocenters. The lowest BCUT2D eigenvalue weighted by Crippen LogP contribution is -2.05. The maximum absolute atomic E-state index is 6.12. The number of hydrogen-bond acceptors (Lipinski definition) is 3. The molecule has 0 aliphatic carbocycles. The average molecular weight is 361 g/mol. The molecule has 0 aliphatic heterocycles. The summed E-state index contributed by atoms with van der Waals surface area (Å²) in [6.07, 6.45) is 3.60. The van der Waals surface area contributed by atoms with Gasteiger partial charge in [0.15, 0.2) is 0 Å². The third-order valence-corrected chi connectivity index (χ3v) is 4.43. The van der Waals surface area contributed by atoms with Gasteiger partial charge in [-0.2, -0.15) is 0 Å². The highest BCUT2D eigenvalue weighted by Crippen LogP contribution is 2.24. The van der Waals surface area contributed by atoms with Gasteiger partial charge in [-0.15, -0.1) is 0 Å². The van der Waals surface area contributed by atoms with Crippen LogP contribution in [0.3, 0.4) is 0 Å². The molecule has 4 heteroatoms. The summed E-state index contributed by atoms with van der Waals surface area (Å²) in [6, 6.07) is 19.7. The van der Waals surface area contributed by atoms with Crippen LogP contribution < -0.4 is 5.36 Å². The molecule has 4 rings (SSSR count). The van der Waals surface area contributed by atoms with E-state index < -0.39 is 0 Å². The van der Waals surface area contributed by atoms with E-state index in [0.29, 0.717) is 11.6 Å². The summed E-state index contributed by atoms with van der Waals surface area (Å²) >= 11 is 6.01. The number of nitrogens with zero attached hydrogens (tertiary/aromatic N) is 2. The van der Waals surface area contributed by atoms with E-state index in [1.807, 2.05) is 60.8 Å². The Labute approximate surface area is 156 Å². The maximum atomic E-state index is 6.12. The maximum Gasteiger partial charge on any atom is 0.136 e. The Kier molecular flexibility index (Phi) is 4.55. The van der Waals surface area contributed by atoms with Crippen LogP contribution in [0, 0.1) is 6.92 Å².